The standard InChI is InChI=1S/C13H17F2NO2S/c1-2-10-11(7-12(10)16)8-3-5-9(6-4-8)19(17,18)13(14)15/h3-6,10-13H,2,7,16H2,1H3. The zero-order chi connectivity index (χ0) is 14.2. The Balaban J connectivity index is 2.21. The molecule has 3 atom stereocenters. The van der Waals surface area contributed by atoms with Crippen LogP contribution in [0.4, 0.5) is 8.78 Å². The van der Waals surface area contributed by atoms with Gasteiger partial charge in [-0.1, -0.05) is 25.5 Å². The summed E-state index contributed by atoms with van der Waals surface area (Å²) in [6, 6.07) is 5.93. The fourth-order valence-corrected chi connectivity index (χ4v) is 3.44. The molecule has 0 radical (unpaired) electrons. The Morgan fingerprint density at radius 2 is 1.89 bits per heavy atom. The number of nitrogens with two attached hydrogens (primary N) is 1. The highest BCUT2D eigenvalue weighted by atomic mass is 32.2. The average molecular weight is 289 g/mol. The summed E-state index contributed by atoms with van der Waals surface area (Å²) in [5, 5.41) is 0. The number of halogens is 2. The van der Waals surface area contributed by atoms with Gasteiger partial charge in [0.1, 0.15) is 0 Å². The molecule has 0 saturated heterocycles. The van der Waals surface area contributed by atoms with Crippen LogP contribution >= 0.6 is 0 Å². The van der Waals surface area contributed by atoms with Crippen molar-refractivity contribution in [3.05, 3.63) is 29.8 Å². The molecular formula is C13H17F2NO2S. The van der Waals surface area contributed by atoms with Crippen molar-refractivity contribution in [1.82, 2.24) is 0 Å². The lowest BCUT2D eigenvalue weighted by Crippen LogP contribution is -2.45. The first-order chi connectivity index (χ1) is 8.87. The molecule has 1 aliphatic carbocycles. The van der Waals surface area contributed by atoms with E-state index in [9.17, 15) is 17.2 Å². The highest BCUT2D eigenvalue weighted by molar-refractivity contribution is 7.91. The normalized spacial score (nSPS) is 27.3. The molecule has 1 aliphatic rings. The fourth-order valence-electron chi connectivity index (χ4n) is 2.72. The molecule has 0 heterocycles. The van der Waals surface area contributed by atoms with Gasteiger partial charge in [-0.05, 0) is 36.0 Å². The third kappa shape index (κ3) is 2.51. The van der Waals surface area contributed by atoms with E-state index >= 15 is 0 Å². The van der Waals surface area contributed by atoms with Gasteiger partial charge in [0.25, 0.3) is 0 Å². The van der Waals surface area contributed by atoms with Gasteiger partial charge in [0.05, 0.1) is 4.90 Å². The summed E-state index contributed by atoms with van der Waals surface area (Å²) in [5.74, 6) is -2.68. The molecule has 3 nitrogen and oxygen atoms in total. The van der Waals surface area contributed by atoms with Crippen LogP contribution in [0.1, 0.15) is 31.2 Å². The minimum atomic E-state index is -4.50. The average Bonchev–Trinajstić information content (AvgIpc) is 2.36. The molecule has 1 aromatic rings. The second-order valence-corrected chi connectivity index (χ2v) is 6.87. The molecule has 1 saturated carbocycles. The van der Waals surface area contributed by atoms with Gasteiger partial charge in [-0.15, -0.1) is 0 Å². The van der Waals surface area contributed by atoms with Crippen LogP contribution in [0.5, 0.6) is 0 Å². The number of sulfone groups is 1. The maximum Gasteiger partial charge on any atom is 0.341 e. The van der Waals surface area contributed by atoms with E-state index in [4.69, 9.17) is 5.73 Å². The number of rotatable bonds is 4. The van der Waals surface area contributed by atoms with Gasteiger partial charge in [0.15, 0.2) is 0 Å². The fraction of sp³-hybridized carbons (Fsp3) is 0.538. The van der Waals surface area contributed by atoms with E-state index in [1.807, 2.05) is 0 Å². The monoisotopic (exact) mass is 289 g/mol. The van der Waals surface area contributed by atoms with Crippen molar-refractivity contribution in [2.24, 2.45) is 11.7 Å². The van der Waals surface area contributed by atoms with Gasteiger partial charge in [-0.2, -0.15) is 8.78 Å². The molecule has 1 aromatic carbocycles. The van der Waals surface area contributed by atoms with E-state index in [0.29, 0.717) is 11.8 Å². The van der Waals surface area contributed by atoms with Crippen molar-refractivity contribution in [2.45, 2.75) is 42.4 Å². The van der Waals surface area contributed by atoms with Crippen LogP contribution in [0, 0.1) is 5.92 Å². The summed E-state index contributed by atoms with van der Waals surface area (Å²) < 4.78 is 47.4. The van der Waals surface area contributed by atoms with Crippen molar-refractivity contribution in [3.63, 3.8) is 0 Å². The first kappa shape index (κ1) is 14.4. The number of alkyl halides is 2. The lowest BCUT2D eigenvalue weighted by molar-refractivity contribution is 0.198. The summed E-state index contributed by atoms with van der Waals surface area (Å²) in [6.07, 6.45) is 1.82. The molecule has 19 heavy (non-hydrogen) atoms. The van der Waals surface area contributed by atoms with Gasteiger partial charge in [0.2, 0.25) is 9.84 Å². The summed E-state index contributed by atoms with van der Waals surface area (Å²) in [6.45, 7) is 2.06. The smallest absolute Gasteiger partial charge is 0.327 e. The first-order valence-corrected chi connectivity index (χ1v) is 7.80. The molecule has 0 amide bonds. The van der Waals surface area contributed by atoms with Gasteiger partial charge in [-0.25, -0.2) is 8.42 Å². The van der Waals surface area contributed by atoms with Crippen LogP contribution in [0.3, 0.4) is 0 Å². The van der Waals surface area contributed by atoms with Gasteiger partial charge in [0, 0.05) is 6.04 Å². The minimum Gasteiger partial charge on any atom is -0.327 e. The highest BCUT2D eigenvalue weighted by Gasteiger charge is 2.38. The predicted octanol–water partition coefficient (Wildman–Crippen LogP) is 2.52. The largest absolute Gasteiger partial charge is 0.341 e. The van der Waals surface area contributed by atoms with Crippen LogP contribution in [-0.2, 0) is 9.84 Å². The molecule has 2 rings (SSSR count). The molecule has 2 N–H and O–H groups in total. The van der Waals surface area contributed by atoms with E-state index in [0.717, 1.165) is 18.4 Å². The van der Waals surface area contributed by atoms with Gasteiger partial charge in [-0.3, -0.25) is 0 Å². The summed E-state index contributed by atoms with van der Waals surface area (Å²) in [4.78, 5) is -0.331. The quantitative estimate of drug-likeness (QED) is 0.926. The van der Waals surface area contributed by atoms with Crippen molar-refractivity contribution in [2.75, 3.05) is 0 Å². The topological polar surface area (TPSA) is 60.2 Å². The van der Waals surface area contributed by atoms with Crippen molar-refractivity contribution in [1.29, 1.82) is 0 Å². The Morgan fingerprint density at radius 3 is 2.32 bits per heavy atom. The van der Waals surface area contributed by atoms with Crippen LogP contribution in [0.25, 0.3) is 0 Å². The number of hydrogen-bond donors (Lipinski definition) is 1. The lowest BCUT2D eigenvalue weighted by Gasteiger charge is -2.42. The van der Waals surface area contributed by atoms with Crippen molar-refractivity contribution in [3.8, 4) is 0 Å². The third-order valence-corrected chi connectivity index (χ3v) is 5.33. The molecular weight excluding hydrogens is 272 g/mol. The van der Waals surface area contributed by atoms with E-state index in [-0.39, 0.29) is 10.9 Å². The molecule has 106 valence electrons. The van der Waals surface area contributed by atoms with Crippen LogP contribution in [0.15, 0.2) is 29.2 Å². The van der Waals surface area contributed by atoms with Gasteiger partial charge < -0.3 is 5.73 Å². The Morgan fingerprint density at radius 1 is 1.32 bits per heavy atom. The molecule has 0 spiro atoms. The van der Waals surface area contributed by atoms with Crippen molar-refractivity contribution >= 4 is 9.84 Å². The minimum absolute atomic E-state index is 0.180. The molecule has 3 unspecified atom stereocenters. The summed E-state index contributed by atoms with van der Waals surface area (Å²) >= 11 is 0. The molecule has 1 fully saturated rings. The maximum atomic E-state index is 12.4. The first-order valence-electron chi connectivity index (χ1n) is 6.25. The van der Waals surface area contributed by atoms with Gasteiger partial charge >= 0.3 is 5.76 Å². The van der Waals surface area contributed by atoms with E-state index < -0.39 is 15.6 Å². The van der Waals surface area contributed by atoms with E-state index in [2.05, 4.69) is 6.92 Å². The predicted molar refractivity (Wildman–Crippen MR) is 68.7 cm³/mol. The van der Waals surface area contributed by atoms with Crippen LogP contribution in [-0.4, -0.2) is 20.2 Å². The van der Waals surface area contributed by atoms with E-state index in [1.165, 1.54) is 12.1 Å². The maximum absolute atomic E-state index is 12.4. The molecule has 0 aliphatic heterocycles. The molecule has 6 heteroatoms. The SMILES string of the molecule is CCC1C(N)CC1c1ccc(S(=O)(=O)C(F)F)cc1. The molecule has 0 bridgehead atoms. The van der Waals surface area contributed by atoms with Crippen LogP contribution in [0.2, 0.25) is 0 Å². The zero-order valence-corrected chi connectivity index (χ0v) is 11.4. The van der Waals surface area contributed by atoms with Crippen LogP contribution < -0.4 is 5.73 Å². The number of hydrogen-bond acceptors (Lipinski definition) is 3. The highest BCUT2D eigenvalue weighted by Crippen LogP contribution is 2.43. The summed E-state index contributed by atoms with van der Waals surface area (Å²) in [7, 11) is -4.50. The Hall–Kier alpha value is -1.01. The second kappa shape index (κ2) is 5.17. The zero-order valence-electron chi connectivity index (χ0n) is 10.6. The number of benzene rings is 1. The summed E-state index contributed by atoms with van der Waals surface area (Å²) in [5.41, 5.74) is 6.88. The Labute approximate surface area is 111 Å². The Bertz CT molecular complexity index is 542. The van der Waals surface area contributed by atoms with E-state index in [1.54, 1.807) is 12.1 Å². The second-order valence-electron chi connectivity index (χ2n) is 4.95. The molecule has 0 aromatic heterocycles. The third-order valence-electron chi connectivity index (χ3n) is 3.94. The lowest BCUT2D eigenvalue weighted by atomic mass is 9.65. The van der Waals surface area contributed by atoms with Crippen molar-refractivity contribution < 1.29 is 17.2 Å². The Kier molecular flexibility index (Phi) is 3.92.